The van der Waals surface area contributed by atoms with Gasteiger partial charge in [0.2, 0.25) is 0 Å². The van der Waals surface area contributed by atoms with Crippen molar-refractivity contribution in [2.45, 2.75) is 48.2 Å². The third kappa shape index (κ3) is 5.33. The summed E-state index contributed by atoms with van der Waals surface area (Å²) < 4.78 is 5.08. The van der Waals surface area contributed by atoms with Crippen molar-refractivity contribution >= 4 is 35.5 Å². The summed E-state index contributed by atoms with van der Waals surface area (Å²) >= 11 is 1.34. The molecule has 3 aliphatic heterocycles. The minimum Gasteiger partial charge on any atom is -0.480 e. The van der Waals surface area contributed by atoms with Gasteiger partial charge in [0.25, 0.3) is 11.8 Å². The number of rotatable bonds is 8. The lowest BCUT2D eigenvalue weighted by Gasteiger charge is -2.41. The predicted octanol–water partition coefficient (Wildman–Crippen LogP) is 3.55. The molecule has 0 aliphatic carbocycles. The molecule has 216 valence electrons. The van der Waals surface area contributed by atoms with E-state index in [0.29, 0.717) is 25.9 Å². The molecule has 2 fully saturated rings. The average molecular weight is 586 g/mol. The first-order valence-electron chi connectivity index (χ1n) is 14.0. The number of aliphatic carboxylic acids is 1. The minimum atomic E-state index is -1.51. The summed E-state index contributed by atoms with van der Waals surface area (Å²) in [6.07, 6.45) is 1.21. The number of carbonyl (C=O) groups is 4. The van der Waals surface area contributed by atoms with E-state index < -0.39 is 46.0 Å². The molecule has 0 aromatic heterocycles. The van der Waals surface area contributed by atoms with Gasteiger partial charge in [-0.1, -0.05) is 72.8 Å². The average Bonchev–Trinajstić information content (AvgIpc) is 3.49. The Labute approximate surface area is 247 Å². The number of esters is 1. The highest BCUT2D eigenvalue weighted by molar-refractivity contribution is 8.01. The van der Waals surface area contributed by atoms with E-state index in [1.165, 1.54) is 29.5 Å². The summed E-state index contributed by atoms with van der Waals surface area (Å²) in [5.74, 6) is -3.08. The highest BCUT2D eigenvalue weighted by Crippen LogP contribution is 2.48. The second-order valence-electron chi connectivity index (χ2n) is 10.9. The van der Waals surface area contributed by atoms with Crippen LogP contribution in [0.2, 0.25) is 0 Å². The van der Waals surface area contributed by atoms with Crippen LogP contribution >= 0.6 is 11.8 Å². The number of nitrogens with zero attached hydrogens (tertiary/aromatic N) is 2. The van der Waals surface area contributed by atoms with Crippen LogP contribution in [0.3, 0.4) is 0 Å². The van der Waals surface area contributed by atoms with E-state index in [9.17, 15) is 24.3 Å². The number of fused-ring (bicyclic) bond motifs is 1. The van der Waals surface area contributed by atoms with Crippen LogP contribution in [-0.2, 0) is 27.5 Å². The van der Waals surface area contributed by atoms with Crippen LogP contribution in [-0.4, -0.2) is 74.0 Å². The Kier molecular flexibility index (Phi) is 7.85. The molecule has 6 rings (SSSR count). The van der Waals surface area contributed by atoms with Gasteiger partial charge in [-0.05, 0) is 49.2 Å². The van der Waals surface area contributed by atoms with Gasteiger partial charge in [0, 0.05) is 11.3 Å². The Bertz CT molecular complexity index is 1460. The fourth-order valence-corrected chi connectivity index (χ4v) is 7.89. The second-order valence-corrected chi connectivity index (χ2v) is 12.4. The largest absolute Gasteiger partial charge is 0.480 e. The molecule has 10 heteroatoms. The molecule has 0 bridgehead atoms. The molecule has 3 aromatic rings. The van der Waals surface area contributed by atoms with E-state index in [0.717, 1.165) is 17.0 Å². The molecular weight excluding hydrogens is 554 g/mol. The predicted molar refractivity (Wildman–Crippen MR) is 157 cm³/mol. The van der Waals surface area contributed by atoms with Crippen LogP contribution in [0.1, 0.15) is 44.7 Å². The Morgan fingerprint density at radius 3 is 2.00 bits per heavy atom. The SMILES string of the molecule is O=C(O)C(C1NC(C(=O)OCc2ccccc2)C2(CCN(Cc3ccccc3)CC2)S1)N1C(=O)c2ccccc2C1=O. The summed E-state index contributed by atoms with van der Waals surface area (Å²) in [6.45, 7) is 2.26. The Balaban J connectivity index is 1.25. The molecule has 3 aliphatic rings. The van der Waals surface area contributed by atoms with Crippen LogP contribution in [0.25, 0.3) is 0 Å². The first kappa shape index (κ1) is 28.1. The fourth-order valence-electron chi connectivity index (χ4n) is 6.10. The van der Waals surface area contributed by atoms with Gasteiger partial charge in [-0.15, -0.1) is 11.8 Å². The number of nitrogens with one attached hydrogen (secondary N) is 1. The van der Waals surface area contributed by atoms with Crippen molar-refractivity contribution in [1.29, 1.82) is 0 Å². The number of benzene rings is 3. The maximum Gasteiger partial charge on any atom is 0.329 e. The number of hydrogen-bond donors (Lipinski definition) is 2. The van der Waals surface area contributed by atoms with E-state index in [4.69, 9.17) is 4.74 Å². The standard InChI is InChI=1S/C32H31N3O6S/c36-28-23-13-7-8-14-24(23)29(37)35(28)25(30(38)39)27-33-26(31(40)41-20-22-11-5-2-6-12-22)32(42-27)15-17-34(18-16-32)19-21-9-3-1-4-10-21/h1-14,25-27,33H,15-20H2,(H,38,39). The van der Waals surface area contributed by atoms with E-state index in [1.54, 1.807) is 12.1 Å². The van der Waals surface area contributed by atoms with Crippen molar-refractivity contribution in [3.05, 3.63) is 107 Å². The van der Waals surface area contributed by atoms with Crippen LogP contribution < -0.4 is 5.32 Å². The zero-order valence-corrected chi connectivity index (χ0v) is 23.7. The number of thioether (sulfide) groups is 1. The fraction of sp³-hybridized carbons (Fsp3) is 0.312. The zero-order valence-electron chi connectivity index (χ0n) is 22.8. The third-order valence-corrected chi connectivity index (χ3v) is 10.0. The summed E-state index contributed by atoms with van der Waals surface area (Å²) in [4.78, 5) is 56.0. The van der Waals surface area contributed by atoms with E-state index in [-0.39, 0.29) is 17.7 Å². The molecular formula is C32H31N3O6S. The number of imide groups is 1. The van der Waals surface area contributed by atoms with Crippen molar-refractivity contribution in [2.75, 3.05) is 13.1 Å². The van der Waals surface area contributed by atoms with Gasteiger partial charge in [0.1, 0.15) is 12.6 Å². The monoisotopic (exact) mass is 585 g/mol. The zero-order chi connectivity index (χ0) is 29.3. The summed E-state index contributed by atoms with van der Waals surface area (Å²) in [5.41, 5.74) is 2.40. The van der Waals surface area contributed by atoms with Crippen molar-refractivity contribution in [3.63, 3.8) is 0 Å². The van der Waals surface area contributed by atoms with Crippen molar-refractivity contribution in [2.24, 2.45) is 0 Å². The summed E-state index contributed by atoms with van der Waals surface area (Å²) in [7, 11) is 0. The lowest BCUT2D eigenvalue weighted by atomic mass is 9.88. The van der Waals surface area contributed by atoms with Gasteiger partial charge >= 0.3 is 11.9 Å². The molecule has 1 spiro atoms. The molecule has 2 N–H and O–H groups in total. The second kappa shape index (κ2) is 11.7. The molecule has 0 saturated carbocycles. The highest BCUT2D eigenvalue weighted by Gasteiger charge is 2.58. The Hall–Kier alpha value is -3.99. The smallest absolute Gasteiger partial charge is 0.329 e. The van der Waals surface area contributed by atoms with Gasteiger partial charge in [-0.25, -0.2) is 4.79 Å². The van der Waals surface area contributed by atoms with Crippen molar-refractivity contribution < 1.29 is 29.0 Å². The molecule has 3 atom stereocenters. The molecule has 9 nitrogen and oxygen atoms in total. The number of piperidine rings is 1. The minimum absolute atomic E-state index is 0.0875. The third-order valence-electron chi connectivity index (χ3n) is 8.27. The number of likely N-dealkylation sites (tertiary alicyclic amines) is 1. The van der Waals surface area contributed by atoms with Crippen LogP contribution in [0.4, 0.5) is 0 Å². The number of carbonyl (C=O) groups excluding carboxylic acids is 3. The van der Waals surface area contributed by atoms with Gasteiger partial charge in [-0.3, -0.25) is 29.5 Å². The molecule has 3 heterocycles. The van der Waals surface area contributed by atoms with Gasteiger partial charge in [0.15, 0.2) is 6.04 Å². The number of hydrogen-bond acceptors (Lipinski definition) is 8. The Morgan fingerprint density at radius 1 is 0.881 bits per heavy atom. The van der Waals surface area contributed by atoms with E-state index >= 15 is 0 Å². The summed E-state index contributed by atoms with van der Waals surface area (Å²) in [6, 6.07) is 23.5. The Morgan fingerprint density at radius 2 is 1.43 bits per heavy atom. The molecule has 2 saturated heterocycles. The van der Waals surface area contributed by atoms with Gasteiger partial charge in [0.05, 0.1) is 16.5 Å². The molecule has 0 radical (unpaired) electrons. The van der Waals surface area contributed by atoms with Gasteiger partial charge in [-0.2, -0.15) is 0 Å². The molecule has 2 amide bonds. The van der Waals surface area contributed by atoms with Crippen molar-refractivity contribution in [3.8, 4) is 0 Å². The molecule has 42 heavy (non-hydrogen) atoms. The quantitative estimate of drug-likeness (QED) is 0.303. The summed E-state index contributed by atoms with van der Waals surface area (Å²) in [5, 5.41) is 12.7. The first-order chi connectivity index (χ1) is 20.4. The molecule has 3 aromatic carbocycles. The van der Waals surface area contributed by atoms with Crippen LogP contribution in [0.15, 0.2) is 84.9 Å². The normalized spacial score (nSPS) is 22.2. The number of carboxylic acid groups (broad SMARTS) is 1. The highest BCUT2D eigenvalue weighted by atomic mass is 32.2. The topological polar surface area (TPSA) is 116 Å². The number of carboxylic acids is 1. The van der Waals surface area contributed by atoms with Gasteiger partial charge < -0.3 is 9.84 Å². The number of ether oxygens (including phenoxy) is 1. The maximum absolute atomic E-state index is 13.6. The number of amides is 2. The van der Waals surface area contributed by atoms with Crippen molar-refractivity contribution in [1.82, 2.24) is 15.1 Å². The maximum atomic E-state index is 13.6. The lowest BCUT2D eigenvalue weighted by Crippen LogP contribution is -2.57. The van der Waals surface area contributed by atoms with E-state index in [1.807, 2.05) is 48.5 Å². The molecule has 3 unspecified atom stereocenters. The van der Waals surface area contributed by atoms with E-state index in [2.05, 4.69) is 22.3 Å². The first-order valence-corrected chi connectivity index (χ1v) is 14.8. The lowest BCUT2D eigenvalue weighted by molar-refractivity contribution is -0.149. The van der Waals surface area contributed by atoms with Crippen LogP contribution in [0.5, 0.6) is 0 Å². The van der Waals surface area contributed by atoms with Crippen LogP contribution in [0, 0.1) is 0 Å².